The summed E-state index contributed by atoms with van der Waals surface area (Å²) in [6.45, 7) is 13.9. The number of hydrogen-bond acceptors (Lipinski definition) is 7. The lowest BCUT2D eigenvalue weighted by Gasteiger charge is -2.20. The average molecular weight is 470 g/mol. The van der Waals surface area contributed by atoms with Crippen molar-refractivity contribution in [2.75, 3.05) is 13.7 Å². The van der Waals surface area contributed by atoms with Gasteiger partial charge in [0.15, 0.2) is 0 Å². The van der Waals surface area contributed by atoms with Gasteiger partial charge in [-0.1, -0.05) is 12.1 Å². The van der Waals surface area contributed by atoms with E-state index < -0.39 is 0 Å². The lowest BCUT2D eigenvalue weighted by molar-refractivity contribution is -0.143. The number of aryl methyl sites for hydroxylation is 3. The van der Waals surface area contributed by atoms with Crippen LogP contribution >= 0.6 is 11.3 Å². The van der Waals surface area contributed by atoms with E-state index in [0.29, 0.717) is 37.2 Å². The highest BCUT2D eigenvalue weighted by atomic mass is 32.1. The van der Waals surface area contributed by atoms with Gasteiger partial charge in [0.25, 0.3) is 5.89 Å². The van der Waals surface area contributed by atoms with Crippen LogP contribution in [0.2, 0.25) is 0 Å². The van der Waals surface area contributed by atoms with Gasteiger partial charge in [-0.25, -0.2) is 0 Å². The second-order valence-electron chi connectivity index (χ2n) is 8.74. The molecule has 0 aliphatic heterocycles. The Labute approximate surface area is 201 Å². The summed E-state index contributed by atoms with van der Waals surface area (Å²) in [5.41, 5.74) is 5.72. The number of nitrogens with zero attached hydrogens (tertiary/aromatic N) is 3. The Morgan fingerprint density at radius 3 is 2.61 bits per heavy atom. The van der Waals surface area contributed by atoms with Gasteiger partial charge in [0.2, 0.25) is 5.82 Å². The third kappa shape index (κ3) is 6.09. The zero-order valence-corrected chi connectivity index (χ0v) is 21.6. The van der Waals surface area contributed by atoms with E-state index in [9.17, 15) is 4.79 Å². The molecule has 7 heteroatoms. The normalized spacial score (nSPS) is 11.5. The highest BCUT2D eigenvalue weighted by molar-refractivity contribution is 7.15. The Bertz CT molecular complexity index is 1100. The zero-order chi connectivity index (χ0) is 24.1. The molecule has 2 heterocycles. The van der Waals surface area contributed by atoms with Crippen molar-refractivity contribution in [2.24, 2.45) is 0 Å². The minimum atomic E-state index is -0.156. The van der Waals surface area contributed by atoms with Crippen molar-refractivity contribution in [2.45, 2.75) is 73.4 Å². The highest BCUT2D eigenvalue weighted by Crippen LogP contribution is 2.33. The van der Waals surface area contributed by atoms with Crippen LogP contribution in [0.3, 0.4) is 0 Å². The van der Waals surface area contributed by atoms with Gasteiger partial charge in [-0.2, -0.15) is 4.98 Å². The Kier molecular flexibility index (Phi) is 8.43. The van der Waals surface area contributed by atoms with E-state index in [0.717, 1.165) is 29.0 Å². The van der Waals surface area contributed by atoms with Crippen LogP contribution in [0.5, 0.6) is 0 Å². The maximum absolute atomic E-state index is 11.8. The molecule has 0 saturated heterocycles. The Morgan fingerprint density at radius 1 is 1.18 bits per heavy atom. The van der Waals surface area contributed by atoms with Gasteiger partial charge in [0, 0.05) is 29.4 Å². The van der Waals surface area contributed by atoms with Crippen molar-refractivity contribution in [3.05, 3.63) is 45.3 Å². The van der Waals surface area contributed by atoms with Gasteiger partial charge in [-0.05, 0) is 95.0 Å². The van der Waals surface area contributed by atoms with Crippen LogP contribution in [-0.4, -0.2) is 40.7 Å². The molecule has 0 aliphatic carbocycles. The largest absolute Gasteiger partial charge is 0.466 e. The second kappa shape index (κ2) is 11.1. The first-order valence-electron chi connectivity index (χ1n) is 11.6. The molecule has 0 atom stereocenters. The van der Waals surface area contributed by atoms with Crippen molar-refractivity contribution < 1.29 is 14.1 Å². The molecule has 3 aromatic rings. The molecule has 6 nitrogen and oxygen atoms in total. The number of esters is 1. The van der Waals surface area contributed by atoms with E-state index in [1.54, 1.807) is 11.3 Å². The molecule has 0 N–H and O–H groups in total. The van der Waals surface area contributed by atoms with Gasteiger partial charge in [0.1, 0.15) is 0 Å². The lowest BCUT2D eigenvalue weighted by Crippen LogP contribution is -2.25. The SMILES string of the molecule is CCOC(=O)CCc1c(C)cc(-c2noc(-c3cc(C)c(CN(C)C(C)C)s3)n2)cc1CC. The summed E-state index contributed by atoms with van der Waals surface area (Å²) < 4.78 is 10.7. The monoisotopic (exact) mass is 469 g/mol. The third-order valence-corrected chi connectivity index (χ3v) is 7.23. The fourth-order valence-corrected chi connectivity index (χ4v) is 4.94. The molecule has 178 valence electrons. The van der Waals surface area contributed by atoms with E-state index in [-0.39, 0.29) is 5.97 Å². The van der Waals surface area contributed by atoms with E-state index in [1.807, 2.05) is 6.92 Å². The lowest BCUT2D eigenvalue weighted by atomic mass is 9.93. The van der Waals surface area contributed by atoms with E-state index in [4.69, 9.17) is 14.2 Å². The summed E-state index contributed by atoms with van der Waals surface area (Å²) in [6, 6.07) is 6.82. The van der Waals surface area contributed by atoms with Crippen LogP contribution in [0.1, 0.15) is 61.2 Å². The molecule has 1 aromatic carbocycles. The third-order valence-electron chi connectivity index (χ3n) is 6.02. The number of benzene rings is 1. The standard InChI is InChI=1S/C26H35N3O3S/c1-8-19-14-20(12-17(5)21(19)10-11-24(30)31-9-2)25-27-26(32-28-25)22-13-18(6)23(33-22)15-29(7)16(3)4/h12-14,16H,8-11,15H2,1-7H3. The molecule has 0 fully saturated rings. The Hall–Kier alpha value is -2.51. The van der Waals surface area contributed by atoms with Gasteiger partial charge in [0.05, 0.1) is 11.5 Å². The van der Waals surface area contributed by atoms with Gasteiger partial charge < -0.3 is 9.26 Å². The second-order valence-corrected chi connectivity index (χ2v) is 9.87. The van der Waals surface area contributed by atoms with E-state index in [2.05, 4.69) is 69.9 Å². The molecule has 2 aromatic heterocycles. The summed E-state index contributed by atoms with van der Waals surface area (Å²) in [7, 11) is 2.14. The van der Waals surface area contributed by atoms with Crippen molar-refractivity contribution >= 4 is 17.3 Å². The molecule has 0 spiro atoms. The number of rotatable bonds is 10. The molecular weight excluding hydrogens is 434 g/mol. The Balaban J connectivity index is 1.83. The molecule has 0 saturated carbocycles. The predicted octanol–water partition coefficient (Wildman–Crippen LogP) is 5.98. The molecule has 0 unspecified atom stereocenters. The quantitative estimate of drug-likeness (QED) is 0.340. The van der Waals surface area contributed by atoms with Crippen LogP contribution in [0.4, 0.5) is 0 Å². The Morgan fingerprint density at radius 2 is 1.94 bits per heavy atom. The zero-order valence-electron chi connectivity index (χ0n) is 20.8. The number of carbonyl (C=O) groups excluding carboxylic acids is 1. The van der Waals surface area contributed by atoms with Gasteiger partial charge in [-0.15, -0.1) is 11.3 Å². The average Bonchev–Trinajstić information content (AvgIpc) is 3.39. The molecule has 0 aliphatic rings. The minimum Gasteiger partial charge on any atom is -0.466 e. The molecule has 0 radical (unpaired) electrons. The minimum absolute atomic E-state index is 0.156. The van der Waals surface area contributed by atoms with Crippen LogP contribution < -0.4 is 0 Å². The number of hydrogen-bond donors (Lipinski definition) is 0. The van der Waals surface area contributed by atoms with Crippen molar-refractivity contribution in [3.63, 3.8) is 0 Å². The van der Waals surface area contributed by atoms with E-state index in [1.165, 1.54) is 21.6 Å². The molecule has 3 rings (SSSR count). The summed E-state index contributed by atoms with van der Waals surface area (Å²) in [5, 5.41) is 4.27. The van der Waals surface area contributed by atoms with Crippen molar-refractivity contribution in [3.8, 4) is 22.2 Å². The highest BCUT2D eigenvalue weighted by Gasteiger charge is 2.18. The number of aromatic nitrogens is 2. The fourth-order valence-electron chi connectivity index (χ4n) is 3.78. The van der Waals surface area contributed by atoms with Crippen molar-refractivity contribution in [1.82, 2.24) is 15.0 Å². The first kappa shape index (κ1) is 25.1. The summed E-state index contributed by atoms with van der Waals surface area (Å²) >= 11 is 1.71. The predicted molar refractivity (Wildman–Crippen MR) is 133 cm³/mol. The summed E-state index contributed by atoms with van der Waals surface area (Å²) in [6.07, 6.45) is 1.93. The molecular formula is C26H35N3O3S. The van der Waals surface area contributed by atoms with Gasteiger partial charge >= 0.3 is 5.97 Å². The number of thiophene rings is 1. The van der Waals surface area contributed by atoms with Crippen molar-refractivity contribution in [1.29, 1.82) is 0 Å². The smallest absolute Gasteiger partial charge is 0.306 e. The summed E-state index contributed by atoms with van der Waals surface area (Å²) in [4.78, 5) is 21.2. The molecule has 33 heavy (non-hydrogen) atoms. The fraction of sp³-hybridized carbons (Fsp3) is 0.500. The summed E-state index contributed by atoms with van der Waals surface area (Å²) in [5.74, 6) is 0.987. The van der Waals surface area contributed by atoms with Crippen LogP contribution in [-0.2, 0) is 28.9 Å². The molecule has 0 amide bonds. The first-order valence-corrected chi connectivity index (χ1v) is 12.5. The number of carbonyl (C=O) groups is 1. The van der Waals surface area contributed by atoms with E-state index >= 15 is 0 Å². The topological polar surface area (TPSA) is 68.5 Å². The number of ether oxygens (including phenoxy) is 1. The van der Waals surface area contributed by atoms with Crippen LogP contribution in [0.25, 0.3) is 22.2 Å². The van der Waals surface area contributed by atoms with Gasteiger partial charge in [-0.3, -0.25) is 9.69 Å². The first-order chi connectivity index (χ1) is 15.7. The maximum Gasteiger partial charge on any atom is 0.306 e. The van der Waals surface area contributed by atoms with Crippen LogP contribution in [0, 0.1) is 13.8 Å². The van der Waals surface area contributed by atoms with Crippen LogP contribution in [0.15, 0.2) is 22.7 Å². The molecule has 0 bridgehead atoms. The maximum atomic E-state index is 11.8.